The van der Waals surface area contributed by atoms with Crippen molar-refractivity contribution in [3.8, 4) is 0 Å². The maximum Gasteiger partial charge on any atom is 0.255 e. The molecule has 4 nitrogen and oxygen atoms in total. The molecule has 0 spiro atoms. The monoisotopic (exact) mass is 394 g/mol. The van der Waals surface area contributed by atoms with Gasteiger partial charge in [0, 0.05) is 5.69 Å². The van der Waals surface area contributed by atoms with Gasteiger partial charge in [0.1, 0.15) is 18.4 Å². The molecule has 1 saturated heterocycles. The van der Waals surface area contributed by atoms with Crippen molar-refractivity contribution in [3.63, 3.8) is 0 Å². The van der Waals surface area contributed by atoms with Crippen LogP contribution in [0.4, 0.5) is 15.8 Å². The number of hydrogen-bond acceptors (Lipinski definition) is 3. The Balaban J connectivity index is 1.84. The summed E-state index contributed by atoms with van der Waals surface area (Å²) in [5.41, 5.74) is 3.51. The summed E-state index contributed by atoms with van der Waals surface area (Å²) in [5.74, 6) is -1.08. The van der Waals surface area contributed by atoms with Crippen molar-refractivity contribution in [2.45, 2.75) is 19.9 Å². The number of hydrogen-bond donors (Lipinski definition) is 0. The van der Waals surface area contributed by atoms with E-state index < -0.39 is 11.9 Å². The smallest absolute Gasteiger partial charge is 0.255 e. The van der Waals surface area contributed by atoms with Crippen molar-refractivity contribution < 1.29 is 14.0 Å². The molecule has 142 valence electrons. The largest absolute Gasteiger partial charge is 0.301 e. The normalized spacial score (nSPS) is 17.3. The molecule has 2 amide bonds. The summed E-state index contributed by atoms with van der Waals surface area (Å²) in [6.45, 7) is 3.78. The van der Waals surface area contributed by atoms with Gasteiger partial charge in [-0.1, -0.05) is 24.3 Å². The van der Waals surface area contributed by atoms with E-state index in [2.05, 4.69) is 0 Å². The lowest BCUT2D eigenvalue weighted by molar-refractivity contribution is -0.128. The minimum atomic E-state index is -0.899. The number of aryl methyl sites for hydroxylation is 1. The van der Waals surface area contributed by atoms with E-state index in [0.29, 0.717) is 11.3 Å². The average molecular weight is 394 g/mol. The van der Waals surface area contributed by atoms with Crippen LogP contribution in [0.25, 0.3) is 0 Å². The summed E-state index contributed by atoms with van der Waals surface area (Å²) in [4.78, 5) is 29.5. The summed E-state index contributed by atoms with van der Waals surface area (Å²) in [6, 6.07) is 12.7. The fraction of sp³-hybridized carbons (Fsp3) is 0.182. The molecular weight excluding hydrogens is 375 g/mol. The van der Waals surface area contributed by atoms with E-state index in [1.165, 1.54) is 33.3 Å². The average Bonchev–Trinajstić information content (AvgIpc) is 3.20. The van der Waals surface area contributed by atoms with Crippen LogP contribution in [-0.4, -0.2) is 18.4 Å². The summed E-state index contributed by atoms with van der Waals surface area (Å²) in [6.07, 6.45) is 0. The third kappa shape index (κ3) is 2.99. The Kier molecular flexibility index (Phi) is 4.73. The highest BCUT2D eigenvalue weighted by atomic mass is 32.1. The standard InChI is InChI=1S/C22H19FN2O2S/c1-14-6-5-9-18(15(14)2)24-12-20(26)25(19-8-4-3-7-17(19)23)21(22(24)27)16-10-11-28-13-16/h3-11,13,21H,12H2,1-2H3/t21-/m0/s1. The number of thiophene rings is 1. The van der Waals surface area contributed by atoms with Gasteiger partial charge in [0.05, 0.1) is 5.69 Å². The van der Waals surface area contributed by atoms with Crippen LogP contribution in [0.2, 0.25) is 0 Å². The van der Waals surface area contributed by atoms with Crippen LogP contribution < -0.4 is 9.80 Å². The number of amides is 2. The Morgan fingerprint density at radius 3 is 2.46 bits per heavy atom. The third-order valence-electron chi connectivity index (χ3n) is 5.16. The van der Waals surface area contributed by atoms with Gasteiger partial charge in [-0.25, -0.2) is 4.39 Å². The molecule has 0 unspecified atom stereocenters. The second kappa shape index (κ2) is 7.20. The number of piperazine rings is 1. The second-order valence-corrected chi connectivity index (χ2v) is 7.60. The summed E-state index contributed by atoms with van der Waals surface area (Å²) >= 11 is 1.44. The quantitative estimate of drug-likeness (QED) is 0.650. The second-order valence-electron chi connectivity index (χ2n) is 6.82. The van der Waals surface area contributed by atoms with Gasteiger partial charge in [0.25, 0.3) is 5.91 Å². The van der Waals surface area contributed by atoms with Crippen molar-refractivity contribution in [3.05, 3.63) is 81.8 Å². The Bertz CT molecular complexity index is 1050. The Morgan fingerprint density at radius 1 is 1.00 bits per heavy atom. The molecule has 2 heterocycles. The number of benzene rings is 2. The number of halogens is 1. The number of para-hydroxylation sites is 1. The molecule has 1 atom stereocenters. The van der Waals surface area contributed by atoms with Gasteiger partial charge < -0.3 is 4.90 Å². The van der Waals surface area contributed by atoms with Crippen LogP contribution in [-0.2, 0) is 9.59 Å². The maximum absolute atomic E-state index is 14.5. The van der Waals surface area contributed by atoms with Gasteiger partial charge in [-0.3, -0.25) is 14.5 Å². The number of carbonyl (C=O) groups excluding carboxylic acids is 2. The first kappa shape index (κ1) is 18.4. The minimum Gasteiger partial charge on any atom is -0.301 e. The SMILES string of the molecule is Cc1cccc(N2CC(=O)N(c3ccccc3F)[C@@H](c3ccsc3)C2=O)c1C. The van der Waals surface area contributed by atoms with Crippen LogP contribution in [0.5, 0.6) is 0 Å². The van der Waals surface area contributed by atoms with Crippen molar-refractivity contribution in [1.29, 1.82) is 0 Å². The Hall–Kier alpha value is -2.99. The molecule has 2 aromatic carbocycles. The highest BCUT2D eigenvalue weighted by Gasteiger charge is 2.43. The molecule has 4 rings (SSSR count). The van der Waals surface area contributed by atoms with Gasteiger partial charge >= 0.3 is 0 Å². The zero-order chi connectivity index (χ0) is 19.8. The van der Waals surface area contributed by atoms with Crippen molar-refractivity contribution >= 4 is 34.5 Å². The van der Waals surface area contributed by atoms with E-state index in [9.17, 15) is 14.0 Å². The fourth-order valence-corrected chi connectivity index (χ4v) is 4.24. The molecule has 0 bridgehead atoms. The van der Waals surface area contributed by atoms with Crippen molar-refractivity contribution in [1.82, 2.24) is 0 Å². The third-order valence-corrected chi connectivity index (χ3v) is 5.86. The number of anilines is 2. The molecule has 1 aliphatic rings. The van der Waals surface area contributed by atoms with Gasteiger partial charge in [-0.2, -0.15) is 11.3 Å². The Labute approximate surface area is 166 Å². The summed E-state index contributed by atoms with van der Waals surface area (Å²) in [5, 5.41) is 3.68. The summed E-state index contributed by atoms with van der Waals surface area (Å²) in [7, 11) is 0. The van der Waals surface area contributed by atoms with Crippen LogP contribution >= 0.6 is 11.3 Å². The first-order valence-electron chi connectivity index (χ1n) is 8.95. The van der Waals surface area contributed by atoms with Crippen LogP contribution in [0.3, 0.4) is 0 Å². The van der Waals surface area contributed by atoms with E-state index in [1.54, 1.807) is 18.2 Å². The lowest BCUT2D eigenvalue weighted by atomic mass is 10.00. The Morgan fingerprint density at radius 2 is 1.75 bits per heavy atom. The van der Waals surface area contributed by atoms with E-state index in [4.69, 9.17) is 0 Å². The molecule has 0 radical (unpaired) electrons. The maximum atomic E-state index is 14.5. The van der Waals surface area contributed by atoms with Crippen LogP contribution in [0, 0.1) is 19.7 Å². The van der Waals surface area contributed by atoms with Crippen LogP contribution in [0.1, 0.15) is 22.7 Å². The molecule has 1 fully saturated rings. The summed E-state index contributed by atoms with van der Waals surface area (Å²) < 4.78 is 14.5. The van der Waals surface area contributed by atoms with E-state index in [-0.39, 0.29) is 24.0 Å². The lowest BCUT2D eigenvalue weighted by Gasteiger charge is -2.40. The molecule has 0 aliphatic carbocycles. The molecule has 0 saturated carbocycles. The molecule has 6 heteroatoms. The topological polar surface area (TPSA) is 40.6 Å². The zero-order valence-corrected chi connectivity index (χ0v) is 16.4. The van der Waals surface area contributed by atoms with Crippen LogP contribution in [0.15, 0.2) is 59.3 Å². The van der Waals surface area contributed by atoms with E-state index in [0.717, 1.165) is 11.1 Å². The molecule has 3 aromatic rings. The molecule has 0 N–H and O–H groups in total. The fourth-order valence-electron chi connectivity index (χ4n) is 3.57. The predicted octanol–water partition coefficient (Wildman–Crippen LogP) is 4.63. The molecule has 1 aliphatic heterocycles. The first-order valence-corrected chi connectivity index (χ1v) is 9.89. The predicted molar refractivity (Wildman–Crippen MR) is 109 cm³/mol. The minimum absolute atomic E-state index is 0.123. The zero-order valence-electron chi connectivity index (χ0n) is 15.6. The van der Waals surface area contributed by atoms with E-state index >= 15 is 0 Å². The number of rotatable bonds is 3. The molecule has 28 heavy (non-hydrogen) atoms. The lowest BCUT2D eigenvalue weighted by Crippen LogP contribution is -2.56. The van der Waals surface area contributed by atoms with E-state index in [1.807, 2.05) is 42.8 Å². The van der Waals surface area contributed by atoms with Crippen molar-refractivity contribution in [2.24, 2.45) is 0 Å². The highest BCUT2D eigenvalue weighted by Crippen LogP contribution is 2.37. The highest BCUT2D eigenvalue weighted by molar-refractivity contribution is 7.08. The molecule has 1 aromatic heterocycles. The number of carbonyl (C=O) groups is 2. The van der Waals surface area contributed by atoms with Gasteiger partial charge in [-0.15, -0.1) is 0 Å². The van der Waals surface area contributed by atoms with Gasteiger partial charge in [-0.05, 0) is 65.6 Å². The number of nitrogens with zero attached hydrogens (tertiary/aromatic N) is 2. The van der Waals surface area contributed by atoms with Gasteiger partial charge in [0.2, 0.25) is 5.91 Å². The first-order chi connectivity index (χ1) is 13.5. The van der Waals surface area contributed by atoms with Gasteiger partial charge in [0.15, 0.2) is 0 Å². The van der Waals surface area contributed by atoms with Crippen molar-refractivity contribution in [2.75, 3.05) is 16.3 Å². The molecular formula is C22H19FN2O2S.